The summed E-state index contributed by atoms with van der Waals surface area (Å²) < 4.78 is 15.8. The van der Waals surface area contributed by atoms with E-state index in [-0.39, 0.29) is 30.6 Å². The summed E-state index contributed by atoms with van der Waals surface area (Å²) in [6.07, 6.45) is -0.00879. The van der Waals surface area contributed by atoms with Gasteiger partial charge in [-0.3, -0.25) is 14.4 Å². The highest BCUT2D eigenvalue weighted by Crippen LogP contribution is 2.39. The maximum atomic E-state index is 13.0. The standard InChI is InChI=1S/C25H27NO7/c1-15(2)32-19-11-7-18(8-12-19)23(28)21-22(26(13-14-31-4)25(30)24(21)29)17-5-9-20(10-6-17)33-16(3)27/h5-12,15,22,28H,13-14H2,1-4H3/b23-21-. The van der Waals surface area contributed by atoms with Crippen molar-refractivity contribution >= 4 is 23.4 Å². The van der Waals surface area contributed by atoms with Crippen molar-refractivity contribution in [1.29, 1.82) is 0 Å². The van der Waals surface area contributed by atoms with Gasteiger partial charge in [0, 0.05) is 26.1 Å². The molecule has 1 saturated heterocycles. The first-order valence-corrected chi connectivity index (χ1v) is 10.6. The molecule has 0 saturated carbocycles. The lowest BCUT2D eigenvalue weighted by Crippen LogP contribution is -2.32. The number of ether oxygens (including phenoxy) is 3. The lowest BCUT2D eigenvalue weighted by atomic mass is 9.95. The van der Waals surface area contributed by atoms with Gasteiger partial charge < -0.3 is 24.2 Å². The van der Waals surface area contributed by atoms with Crippen LogP contribution in [0, 0.1) is 0 Å². The molecule has 0 bridgehead atoms. The molecule has 1 N–H and O–H groups in total. The van der Waals surface area contributed by atoms with Gasteiger partial charge in [-0.1, -0.05) is 12.1 Å². The summed E-state index contributed by atoms with van der Waals surface area (Å²) in [4.78, 5) is 38.4. The van der Waals surface area contributed by atoms with Crippen LogP contribution < -0.4 is 9.47 Å². The van der Waals surface area contributed by atoms with Crippen LogP contribution in [0.15, 0.2) is 54.1 Å². The van der Waals surface area contributed by atoms with Crippen LogP contribution in [0.2, 0.25) is 0 Å². The van der Waals surface area contributed by atoms with Gasteiger partial charge in [0.15, 0.2) is 0 Å². The molecule has 1 amide bonds. The van der Waals surface area contributed by atoms with Crippen molar-refractivity contribution in [2.45, 2.75) is 32.9 Å². The van der Waals surface area contributed by atoms with Crippen LogP contribution in [0.4, 0.5) is 0 Å². The van der Waals surface area contributed by atoms with Gasteiger partial charge >= 0.3 is 5.97 Å². The summed E-state index contributed by atoms with van der Waals surface area (Å²) in [5.74, 6) is -1.28. The quantitative estimate of drug-likeness (QED) is 0.215. The molecule has 8 nitrogen and oxygen atoms in total. The van der Waals surface area contributed by atoms with Gasteiger partial charge in [-0.15, -0.1) is 0 Å². The van der Waals surface area contributed by atoms with Crippen molar-refractivity contribution in [1.82, 2.24) is 4.90 Å². The van der Waals surface area contributed by atoms with E-state index in [0.717, 1.165) is 0 Å². The number of esters is 1. The zero-order valence-electron chi connectivity index (χ0n) is 19.0. The van der Waals surface area contributed by atoms with Crippen LogP contribution in [0.3, 0.4) is 0 Å². The molecule has 1 fully saturated rings. The Bertz CT molecular complexity index is 1060. The number of ketones is 1. The summed E-state index contributed by atoms with van der Waals surface area (Å²) >= 11 is 0. The lowest BCUT2D eigenvalue weighted by Gasteiger charge is -2.25. The van der Waals surface area contributed by atoms with Gasteiger partial charge in [0.25, 0.3) is 11.7 Å². The molecule has 0 aliphatic carbocycles. The van der Waals surface area contributed by atoms with Crippen molar-refractivity contribution in [3.63, 3.8) is 0 Å². The Morgan fingerprint density at radius 3 is 2.18 bits per heavy atom. The van der Waals surface area contributed by atoms with Crippen LogP contribution in [0.25, 0.3) is 5.76 Å². The van der Waals surface area contributed by atoms with E-state index in [9.17, 15) is 19.5 Å². The van der Waals surface area contributed by atoms with Crippen molar-refractivity contribution < 1.29 is 33.7 Å². The molecule has 2 aromatic carbocycles. The second kappa shape index (κ2) is 10.3. The number of amides is 1. The monoisotopic (exact) mass is 453 g/mol. The van der Waals surface area contributed by atoms with Gasteiger partial charge in [-0.25, -0.2) is 0 Å². The second-order valence-corrected chi connectivity index (χ2v) is 7.84. The Labute approximate surface area is 192 Å². The summed E-state index contributed by atoms with van der Waals surface area (Å²) in [6.45, 7) is 5.49. The molecule has 1 aliphatic heterocycles. The fourth-order valence-corrected chi connectivity index (χ4v) is 3.65. The minimum absolute atomic E-state index is 0.00879. The molecule has 0 radical (unpaired) electrons. The van der Waals surface area contributed by atoms with Crippen molar-refractivity contribution in [3.05, 3.63) is 65.2 Å². The number of carbonyl (C=O) groups is 3. The van der Waals surface area contributed by atoms with Crippen LogP contribution in [-0.4, -0.2) is 54.0 Å². The second-order valence-electron chi connectivity index (χ2n) is 7.84. The van der Waals surface area contributed by atoms with E-state index in [1.807, 2.05) is 13.8 Å². The summed E-state index contributed by atoms with van der Waals surface area (Å²) in [5, 5.41) is 11.1. The predicted molar refractivity (Wildman–Crippen MR) is 121 cm³/mol. The summed E-state index contributed by atoms with van der Waals surface area (Å²) in [7, 11) is 1.50. The van der Waals surface area contributed by atoms with Crippen LogP contribution >= 0.6 is 0 Å². The number of Topliss-reactive ketones (excluding diaryl/α,β-unsaturated/α-hetero) is 1. The summed E-state index contributed by atoms with van der Waals surface area (Å²) in [6, 6.07) is 12.3. The summed E-state index contributed by atoms with van der Waals surface area (Å²) in [5.41, 5.74) is 0.953. The minimum atomic E-state index is -0.821. The zero-order valence-corrected chi connectivity index (χ0v) is 19.0. The third-order valence-corrected chi connectivity index (χ3v) is 5.03. The van der Waals surface area contributed by atoms with E-state index in [2.05, 4.69) is 0 Å². The number of aliphatic hydroxyl groups excluding tert-OH is 1. The number of hydrogen-bond donors (Lipinski definition) is 1. The van der Waals surface area contributed by atoms with Crippen molar-refractivity contribution in [2.24, 2.45) is 0 Å². The first-order chi connectivity index (χ1) is 15.7. The Morgan fingerprint density at radius 1 is 1.03 bits per heavy atom. The highest BCUT2D eigenvalue weighted by Gasteiger charge is 2.45. The number of aliphatic hydroxyl groups is 1. The van der Waals surface area contributed by atoms with Crippen LogP contribution in [-0.2, 0) is 19.1 Å². The fraction of sp³-hybridized carbons (Fsp3) is 0.320. The average Bonchev–Trinajstić information content (AvgIpc) is 3.02. The van der Waals surface area contributed by atoms with E-state index in [1.54, 1.807) is 48.5 Å². The number of methoxy groups -OCH3 is 1. The van der Waals surface area contributed by atoms with E-state index >= 15 is 0 Å². The van der Waals surface area contributed by atoms with Gasteiger partial charge in [0.1, 0.15) is 17.3 Å². The van der Waals surface area contributed by atoms with Gasteiger partial charge in [-0.05, 0) is 55.8 Å². The Balaban J connectivity index is 2.05. The molecular weight excluding hydrogens is 426 g/mol. The average molecular weight is 453 g/mol. The molecule has 3 rings (SSSR count). The fourth-order valence-electron chi connectivity index (χ4n) is 3.65. The molecule has 1 aliphatic rings. The topological polar surface area (TPSA) is 102 Å². The third-order valence-electron chi connectivity index (χ3n) is 5.03. The van der Waals surface area contributed by atoms with Crippen LogP contribution in [0.1, 0.15) is 37.9 Å². The maximum absolute atomic E-state index is 13.0. The SMILES string of the molecule is COCCN1C(=O)C(=O)/C(=C(\O)c2ccc(OC(C)C)cc2)C1c1ccc(OC(C)=O)cc1. The van der Waals surface area contributed by atoms with Gasteiger partial charge in [-0.2, -0.15) is 0 Å². The molecule has 174 valence electrons. The van der Waals surface area contributed by atoms with E-state index < -0.39 is 23.7 Å². The largest absolute Gasteiger partial charge is 0.507 e. The number of benzene rings is 2. The normalized spacial score (nSPS) is 17.5. The lowest BCUT2D eigenvalue weighted by molar-refractivity contribution is -0.140. The molecule has 1 atom stereocenters. The van der Waals surface area contributed by atoms with Crippen molar-refractivity contribution in [3.8, 4) is 11.5 Å². The smallest absolute Gasteiger partial charge is 0.308 e. The molecule has 8 heteroatoms. The number of likely N-dealkylation sites (tertiary alicyclic amines) is 1. The zero-order chi connectivity index (χ0) is 24.1. The molecule has 33 heavy (non-hydrogen) atoms. The Kier molecular flexibility index (Phi) is 7.50. The molecule has 1 heterocycles. The molecular formula is C25H27NO7. The highest BCUT2D eigenvalue weighted by atomic mass is 16.5. The highest BCUT2D eigenvalue weighted by molar-refractivity contribution is 6.46. The predicted octanol–water partition coefficient (Wildman–Crippen LogP) is 3.47. The third kappa shape index (κ3) is 5.40. The minimum Gasteiger partial charge on any atom is -0.507 e. The van der Waals surface area contributed by atoms with Gasteiger partial charge in [0.05, 0.1) is 24.3 Å². The van der Waals surface area contributed by atoms with Crippen molar-refractivity contribution in [2.75, 3.05) is 20.3 Å². The Hall–Kier alpha value is -3.65. The first kappa shape index (κ1) is 24.0. The van der Waals surface area contributed by atoms with E-state index in [4.69, 9.17) is 14.2 Å². The number of hydrogen-bond acceptors (Lipinski definition) is 7. The number of nitrogens with zero attached hydrogens (tertiary/aromatic N) is 1. The molecule has 2 aromatic rings. The number of rotatable bonds is 8. The first-order valence-electron chi connectivity index (χ1n) is 10.6. The molecule has 0 spiro atoms. The van der Waals surface area contributed by atoms with Crippen LogP contribution in [0.5, 0.6) is 11.5 Å². The molecule has 1 unspecified atom stereocenters. The van der Waals surface area contributed by atoms with E-state index in [1.165, 1.54) is 18.9 Å². The number of carbonyl (C=O) groups excluding carboxylic acids is 3. The Morgan fingerprint density at radius 2 is 1.64 bits per heavy atom. The maximum Gasteiger partial charge on any atom is 0.308 e. The van der Waals surface area contributed by atoms with Gasteiger partial charge in [0.2, 0.25) is 0 Å². The van der Waals surface area contributed by atoms with E-state index in [0.29, 0.717) is 22.6 Å². The molecule has 0 aromatic heterocycles.